The van der Waals surface area contributed by atoms with Gasteiger partial charge in [-0.2, -0.15) is 0 Å². The number of nitrogens with one attached hydrogen (secondary N) is 1. The van der Waals surface area contributed by atoms with Gasteiger partial charge in [0.1, 0.15) is 11.8 Å². The average Bonchev–Trinajstić information content (AvgIpc) is 2.91. The zero-order chi connectivity index (χ0) is 13.8. The van der Waals surface area contributed by atoms with Gasteiger partial charge in [0.25, 0.3) is 5.91 Å². The minimum absolute atomic E-state index is 0.0335. The summed E-state index contributed by atoms with van der Waals surface area (Å²) in [5, 5.41) is 12.0. The maximum atomic E-state index is 12.0. The minimum atomic E-state index is -0.548. The first kappa shape index (κ1) is 13.4. The second-order valence-corrected chi connectivity index (χ2v) is 4.78. The monoisotopic (exact) mass is 262 g/mol. The lowest BCUT2D eigenvalue weighted by Gasteiger charge is -2.21. The fourth-order valence-electron chi connectivity index (χ4n) is 2.20. The van der Waals surface area contributed by atoms with Crippen molar-refractivity contribution in [2.45, 2.75) is 25.8 Å². The maximum Gasteiger partial charge on any atom is 0.252 e. The van der Waals surface area contributed by atoms with Crippen LogP contribution in [0.15, 0.2) is 24.3 Å². The van der Waals surface area contributed by atoms with Crippen LogP contribution >= 0.6 is 0 Å². The Balaban J connectivity index is 1.96. The van der Waals surface area contributed by atoms with Gasteiger partial charge in [-0.1, -0.05) is 6.07 Å². The largest absolute Gasteiger partial charge is 0.508 e. The number of nitrogens with zero attached hydrogens (tertiary/aromatic N) is 1. The Morgan fingerprint density at radius 3 is 2.63 bits per heavy atom. The summed E-state index contributed by atoms with van der Waals surface area (Å²) in [7, 11) is 0. The molecule has 1 saturated heterocycles. The van der Waals surface area contributed by atoms with Crippen LogP contribution in [0.4, 0.5) is 0 Å². The van der Waals surface area contributed by atoms with Gasteiger partial charge in [0.2, 0.25) is 5.91 Å². The van der Waals surface area contributed by atoms with E-state index in [9.17, 15) is 14.7 Å². The Hall–Kier alpha value is -2.04. The lowest BCUT2D eigenvalue weighted by atomic mass is 10.2. The van der Waals surface area contributed by atoms with E-state index < -0.39 is 6.04 Å². The lowest BCUT2D eigenvalue weighted by Crippen LogP contribution is -2.45. The number of hydrogen-bond acceptors (Lipinski definition) is 3. The zero-order valence-corrected chi connectivity index (χ0v) is 10.9. The molecule has 0 bridgehead atoms. The van der Waals surface area contributed by atoms with E-state index in [1.807, 2.05) is 0 Å². The molecule has 1 aromatic rings. The molecule has 1 fully saturated rings. The number of phenolic OH excluding ortho intramolecular Hbond substituents is 1. The molecule has 19 heavy (non-hydrogen) atoms. The summed E-state index contributed by atoms with van der Waals surface area (Å²) < 4.78 is 0. The molecule has 5 nitrogen and oxygen atoms in total. The van der Waals surface area contributed by atoms with Crippen LogP contribution in [0.1, 0.15) is 30.1 Å². The number of phenols is 1. The third kappa shape index (κ3) is 3.24. The van der Waals surface area contributed by atoms with Gasteiger partial charge in [-0.25, -0.2) is 0 Å². The molecule has 1 unspecified atom stereocenters. The van der Waals surface area contributed by atoms with Gasteiger partial charge in [-0.3, -0.25) is 9.59 Å². The molecule has 2 rings (SSSR count). The van der Waals surface area contributed by atoms with Crippen molar-refractivity contribution in [2.24, 2.45) is 0 Å². The van der Waals surface area contributed by atoms with Gasteiger partial charge in [0, 0.05) is 18.7 Å². The van der Waals surface area contributed by atoms with Crippen LogP contribution in [0.25, 0.3) is 0 Å². The van der Waals surface area contributed by atoms with E-state index in [2.05, 4.69) is 5.32 Å². The number of likely N-dealkylation sites (tertiary alicyclic amines) is 1. The van der Waals surface area contributed by atoms with Crippen LogP contribution in [0, 0.1) is 0 Å². The van der Waals surface area contributed by atoms with Crippen LogP contribution in [-0.4, -0.2) is 41.0 Å². The molecule has 1 aliphatic heterocycles. The highest BCUT2D eigenvalue weighted by molar-refractivity contribution is 5.97. The number of benzene rings is 1. The molecule has 5 heteroatoms. The summed E-state index contributed by atoms with van der Waals surface area (Å²) in [5.74, 6) is -0.367. The molecule has 1 aromatic carbocycles. The second-order valence-electron chi connectivity index (χ2n) is 4.78. The Morgan fingerprint density at radius 2 is 2.00 bits per heavy atom. The van der Waals surface area contributed by atoms with Crippen LogP contribution in [0.5, 0.6) is 5.75 Å². The SMILES string of the molecule is CC(NC(=O)c1cccc(O)c1)C(=O)N1CCCC1. The van der Waals surface area contributed by atoms with Crippen LogP contribution in [0.3, 0.4) is 0 Å². The number of rotatable bonds is 3. The van der Waals surface area contributed by atoms with E-state index in [1.54, 1.807) is 24.0 Å². The summed E-state index contributed by atoms with van der Waals surface area (Å²) in [4.78, 5) is 25.7. The third-order valence-electron chi connectivity index (χ3n) is 3.24. The number of aromatic hydroxyl groups is 1. The first-order chi connectivity index (χ1) is 9.08. The lowest BCUT2D eigenvalue weighted by molar-refractivity contribution is -0.131. The molecular formula is C14H18N2O3. The smallest absolute Gasteiger partial charge is 0.252 e. The van der Waals surface area contributed by atoms with Crippen molar-refractivity contribution in [2.75, 3.05) is 13.1 Å². The van der Waals surface area contributed by atoms with Crippen molar-refractivity contribution in [3.63, 3.8) is 0 Å². The fraction of sp³-hybridized carbons (Fsp3) is 0.429. The van der Waals surface area contributed by atoms with Crippen molar-refractivity contribution in [1.82, 2.24) is 10.2 Å². The van der Waals surface area contributed by atoms with Gasteiger partial charge in [-0.05, 0) is 38.0 Å². The van der Waals surface area contributed by atoms with Crippen molar-refractivity contribution in [3.05, 3.63) is 29.8 Å². The highest BCUT2D eigenvalue weighted by Crippen LogP contribution is 2.12. The molecule has 0 radical (unpaired) electrons. The van der Waals surface area contributed by atoms with E-state index in [-0.39, 0.29) is 17.6 Å². The van der Waals surface area contributed by atoms with Crippen molar-refractivity contribution in [1.29, 1.82) is 0 Å². The maximum absolute atomic E-state index is 12.0. The quantitative estimate of drug-likeness (QED) is 0.858. The molecule has 0 saturated carbocycles. The summed E-state index contributed by atoms with van der Waals surface area (Å²) in [5.41, 5.74) is 0.348. The number of amides is 2. The molecule has 0 aromatic heterocycles. The predicted molar refractivity (Wildman–Crippen MR) is 70.8 cm³/mol. The minimum Gasteiger partial charge on any atom is -0.508 e. The summed E-state index contributed by atoms with van der Waals surface area (Å²) in [6.45, 7) is 3.22. The predicted octanol–water partition coefficient (Wildman–Crippen LogP) is 1.13. The van der Waals surface area contributed by atoms with Gasteiger partial charge in [-0.15, -0.1) is 0 Å². The Labute approximate surface area is 112 Å². The van der Waals surface area contributed by atoms with Crippen LogP contribution in [-0.2, 0) is 4.79 Å². The topological polar surface area (TPSA) is 69.6 Å². The standard InChI is InChI=1S/C14H18N2O3/c1-10(14(19)16-7-2-3-8-16)15-13(18)11-5-4-6-12(17)9-11/h4-6,9-10,17H,2-3,7-8H2,1H3,(H,15,18). The summed E-state index contributed by atoms with van der Waals surface area (Å²) in [6.07, 6.45) is 2.05. The number of hydrogen-bond donors (Lipinski definition) is 2. The van der Waals surface area contributed by atoms with Gasteiger partial charge >= 0.3 is 0 Å². The van der Waals surface area contributed by atoms with Crippen molar-refractivity contribution >= 4 is 11.8 Å². The molecule has 2 N–H and O–H groups in total. The molecule has 0 spiro atoms. The van der Waals surface area contributed by atoms with E-state index >= 15 is 0 Å². The fourth-order valence-corrected chi connectivity index (χ4v) is 2.20. The van der Waals surface area contributed by atoms with E-state index in [0.29, 0.717) is 5.56 Å². The Bertz CT molecular complexity index is 481. The molecule has 2 amide bonds. The normalized spacial score (nSPS) is 16.2. The summed E-state index contributed by atoms with van der Waals surface area (Å²) in [6, 6.07) is 5.52. The zero-order valence-electron chi connectivity index (χ0n) is 10.9. The third-order valence-corrected chi connectivity index (χ3v) is 3.24. The average molecular weight is 262 g/mol. The molecular weight excluding hydrogens is 244 g/mol. The molecule has 1 heterocycles. The second kappa shape index (κ2) is 5.73. The number of carbonyl (C=O) groups excluding carboxylic acids is 2. The first-order valence-corrected chi connectivity index (χ1v) is 6.46. The molecule has 1 aliphatic rings. The number of carbonyl (C=O) groups is 2. The van der Waals surface area contributed by atoms with Crippen molar-refractivity contribution in [3.8, 4) is 5.75 Å². The van der Waals surface area contributed by atoms with E-state index in [4.69, 9.17) is 0 Å². The van der Waals surface area contributed by atoms with Gasteiger partial charge in [0.05, 0.1) is 0 Å². The Kier molecular flexibility index (Phi) is 4.04. The van der Waals surface area contributed by atoms with Gasteiger partial charge in [0.15, 0.2) is 0 Å². The highest BCUT2D eigenvalue weighted by Gasteiger charge is 2.24. The molecule has 102 valence electrons. The van der Waals surface area contributed by atoms with E-state index in [1.165, 1.54) is 12.1 Å². The molecule has 0 aliphatic carbocycles. The van der Waals surface area contributed by atoms with Crippen LogP contribution < -0.4 is 5.32 Å². The Morgan fingerprint density at radius 1 is 1.32 bits per heavy atom. The van der Waals surface area contributed by atoms with Crippen LogP contribution in [0.2, 0.25) is 0 Å². The van der Waals surface area contributed by atoms with Crippen molar-refractivity contribution < 1.29 is 14.7 Å². The van der Waals surface area contributed by atoms with Gasteiger partial charge < -0.3 is 15.3 Å². The molecule has 1 atom stereocenters. The first-order valence-electron chi connectivity index (χ1n) is 6.46. The highest BCUT2D eigenvalue weighted by atomic mass is 16.3. The van der Waals surface area contributed by atoms with E-state index in [0.717, 1.165) is 25.9 Å². The summed E-state index contributed by atoms with van der Waals surface area (Å²) >= 11 is 0.